The third-order valence-electron chi connectivity index (χ3n) is 3.72. The Morgan fingerprint density at radius 2 is 1.83 bits per heavy atom. The topological polar surface area (TPSA) is 71.4 Å². The zero-order chi connectivity index (χ0) is 16.4. The van der Waals surface area contributed by atoms with Gasteiger partial charge in [0.15, 0.2) is 5.43 Å². The molecule has 23 heavy (non-hydrogen) atoms. The van der Waals surface area contributed by atoms with E-state index in [0.717, 1.165) is 11.3 Å². The number of para-hydroxylation sites is 1. The number of pyridine rings is 1. The molecule has 1 heterocycles. The molecule has 5 nitrogen and oxygen atoms in total. The van der Waals surface area contributed by atoms with Crippen LogP contribution >= 0.6 is 0 Å². The van der Waals surface area contributed by atoms with Crippen molar-refractivity contribution in [2.24, 2.45) is 0 Å². The number of aromatic nitrogens is 1. The highest BCUT2D eigenvalue weighted by Crippen LogP contribution is 2.16. The number of fused-ring (bicyclic) bond motifs is 1. The first-order chi connectivity index (χ1) is 11.1. The van der Waals surface area contributed by atoms with Gasteiger partial charge in [0.2, 0.25) is 0 Å². The average Bonchev–Trinajstić information content (AvgIpc) is 2.58. The summed E-state index contributed by atoms with van der Waals surface area (Å²) in [5.41, 5.74) is 0.783. The molecule has 5 heteroatoms. The molecule has 0 N–H and O–H groups in total. The molecule has 0 amide bonds. The van der Waals surface area contributed by atoms with Gasteiger partial charge in [0, 0.05) is 18.1 Å². The van der Waals surface area contributed by atoms with Gasteiger partial charge in [0.25, 0.3) is 0 Å². The van der Waals surface area contributed by atoms with Gasteiger partial charge in [0.1, 0.15) is 5.75 Å². The fourth-order valence-corrected chi connectivity index (χ4v) is 2.55. The van der Waals surface area contributed by atoms with E-state index in [2.05, 4.69) is 0 Å². The minimum atomic E-state index is -1.47. The molecule has 0 bridgehead atoms. The number of aromatic carboxylic acids is 1. The number of carboxylic acid groups (broad SMARTS) is 1. The van der Waals surface area contributed by atoms with Gasteiger partial charge in [-0.15, -0.1) is 0 Å². The monoisotopic (exact) mass is 308 g/mol. The molecule has 3 aromatic rings. The number of methoxy groups -OCH3 is 1. The molecule has 0 fully saturated rings. The molecular weight excluding hydrogens is 294 g/mol. The third-order valence-corrected chi connectivity index (χ3v) is 3.72. The molecular formula is C18H14NO4-. The van der Waals surface area contributed by atoms with E-state index in [1.54, 1.807) is 29.9 Å². The summed E-state index contributed by atoms with van der Waals surface area (Å²) in [6.45, 7) is 0.436. The normalized spacial score (nSPS) is 10.7. The van der Waals surface area contributed by atoms with Crippen LogP contribution in [0.1, 0.15) is 15.9 Å². The Balaban J connectivity index is 2.13. The van der Waals surface area contributed by atoms with Crippen molar-refractivity contribution in [3.63, 3.8) is 0 Å². The van der Waals surface area contributed by atoms with Gasteiger partial charge >= 0.3 is 0 Å². The van der Waals surface area contributed by atoms with Crippen LogP contribution in [-0.2, 0) is 6.54 Å². The van der Waals surface area contributed by atoms with Gasteiger partial charge in [-0.3, -0.25) is 4.79 Å². The number of ether oxygens (including phenoxy) is 1. The molecule has 0 aliphatic carbocycles. The lowest BCUT2D eigenvalue weighted by molar-refractivity contribution is -0.255. The lowest BCUT2D eigenvalue weighted by Crippen LogP contribution is -2.30. The van der Waals surface area contributed by atoms with Crippen molar-refractivity contribution in [3.05, 3.63) is 76.1 Å². The minimum Gasteiger partial charge on any atom is -0.545 e. The van der Waals surface area contributed by atoms with Gasteiger partial charge in [-0.2, -0.15) is 0 Å². The highest BCUT2D eigenvalue weighted by atomic mass is 16.5. The first kappa shape index (κ1) is 14.8. The maximum Gasteiger partial charge on any atom is 0.198 e. The summed E-state index contributed by atoms with van der Waals surface area (Å²) in [6, 6.07) is 14.4. The molecule has 0 spiro atoms. The minimum absolute atomic E-state index is 0.336. The Hall–Kier alpha value is -3.08. The van der Waals surface area contributed by atoms with Crippen molar-refractivity contribution < 1.29 is 14.6 Å². The summed E-state index contributed by atoms with van der Waals surface area (Å²) in [6.07, 6.45) is 1.34. The molecule has 116 valence electrons. The van der Waals surface area contributed by atoms with Gasteiger partial charge < -0.3 is 19.2 Å². The van der Waals surface area contributed by atoms with E-state index in [4.69, 9.17) is 4.74 Å². The summed E-state index contributed by atoms with van der Waals surface area (Å²) < 4.78 is 6.86. The number of hydrogen-bond acceptors (Lipinski definition) is 4. The van der Waals surface area contributed by atoms with Crippen molar-refractivity contribution in [1.82, 2.24) is 4.57 Å². The van der Waals surface area contributed by atoms with Crippen LogP contribution in [0.15, 0.2) is 59.5 Å². The van der Waals surface area contributed by atoms with Crippen molar-refractivity contribution >= 4 is 16.9 Å². The smallest absolute Gasteiger partial charge is 0.198 e. The number of carbonyl (C=O) groups excluding carboxylic acids is 1. The molecule has 2 aromatic carbocycles. The molecule has 0 aliphatic heterocycles. The van der Waals surface area contributed by atoms with Gasteiger partial charge in [-0.1, -0.05) is 24.3 Å². The van der Waals surface area contributed by atoms with Crippen LogP contribution in [0.5, 0.6) is 5.75 Å². The molecule has 0 atom stereocenters. The molecule has 0 unspecified atom stereocenters. The molecule has 1 aromatic heterocycles. The van der Waals surface area contributed by atoms with Crippen LogP contribution in [0.4, 0.5) is 0 Å². The summed E-state index contributed by atoms with van der Waals surface area (Å²) in [7, 11) is 1.59. The third kappa shape index (κ3) is 2.81. The lowest BCUT2D eigenvalue weighted by Gasteiger charge is -2.14. The van der Waals surface area contributed by atoms with Crippen molar-refractivity contribution in [2.75, 3.05) is 7.11 Å². The molecule has 3 rings (SSSR count). The van der Waals surface area contributed by atoms with E-state index < -0.39 is 11.4 Å². The Morgan fingerprint density at radius 3 is 2.48 bits per heavy atom. The van der Waals surface area contributed by atoms with Crippen molar-refractivity contribution in [2.45, 2.75) is 6.54 Å². The SMILES string of the molecule is COc1ccc(Cn2cc(C(=O)[O-])c(=O)c3ccccc32)cc1. The maximum atomic E-state index is 12.2. The van der Waals surface area contributed by atoms with Crippen molar-refractivity contribution in [3.8, 4) is 5.75 Å². The maximum absolute atomic E-state index is 12.2. The van der Waals surface area contributed by atoms with E-state index >= 15 is 0 Å². The second kappa shape index (κ2) is 5.96. The second-order valence-electron chi connectivity index (χ2n) is 5.15. The van der Waals surface area contributed by atoms with Gasteiger partial charge in [-0.25, -0.2) is 0 Å². The summed E-state index contributed by atoms with van der Waals surface area (Å²) in [4.78, 5) is 23.4. The van der Waals surface area contributed by atoms with Crippen molar-refractivity contribution in [1.29, 1.82) is 0 Å². The summed E-state index contributed by atoms with van der Waals surface area (Å²) in [5, 5.41) is 11.6. The Morgan fingerprint density at radius 1 is 1.13 bits per heavy atom. The van der Waals surface area contributed by atoms with E-state index in [9.17, 15) is 14.7 Å². The standard InChI is InChI=1S/C18H15NO4/c1-23-13-8-6-12(7-9-13)10-19-11-15(18(21)22)17(20)14-4-2-3-5-16(14)19/h2-9,11H,10H2,1H3,(H,21,22)/p-1. The summed E-state index contributed by atoms with van der Waals surface area (Å²) >= 11 is 0. The predicted molar refractivity (Wildman–Crippen MR) is 84.6 cm³/mol. The highest BCUT2D eigenvalue weighted by molar-refractivity contribution is 5.91. The van der Waals surface area contributed by atoms with Crippen LogP contribution in [0.3, 0.4) is 0 Å². The van der Waals surface area contributed by atoms with E-state index in [-0.39, 0.29) is 5.56 Å². The van der Waals surface area contributed by atoms with Crippen LogP contribution in [0.25, 0.3) is 10.9 Å². The first-order valence-electron chi connectivity index (χ1n) is 7.06. The van der Waals surface area contributed by atoms with Gasteiger partial charge in [-0.05, 0) is 29.8 Å². The zero-order valence-corrected chi connectivity index (χ0v) is 12.5. The predicted octanol–water partition coefficient (Wildman–Crippen LogP) is 1.42. The Labute approximate surface area is 132 Å². The Kier molecular flexibility index (Phi) is 3.85. The molecule has 0 radical (unpaired) electrons. The lowest BCUT2D eigenvalue weighted by atomic mass is 10.1. The number of benzene rings is 2. The number of carboxylic acids is 1. The number of carbonyl (C=O) groups is 1. The second-order valence-corrected chi connectivity index (χ2v) is 5.15. The number of nitrogens with zero attached hydrogens (tertiary/aromatic N) is 1. The van der Waals surface area contributed by atoms with Crippen LogP contribution in [-0.4, -0.2) is 17.6 Å². The Bertz CT molecular complexity index is 926. The van der Waals surface area contributed by atoms with E-state index in [1.807, 2.05) is 30.3 Å². The van der Waals surface area contributed by atoms with Crippen LogP contribution < -0.4 is 15.3 Å². The number of hydrogen-bond donors (Lipinski definition) is 0. The molecule has 0 saturated heterocycles. The largest absolute Gasteiger partial charge is 0.545 e. The van der Waals surface area contributed by atoms with E-state index in [0.29, 0.717) is 17.4 Å². The highest BCUT2D eigenvalue weighted by Gasteiger charge is 2.09. The zero-order valence-electron chi connectivity index (χ0n) is 12.5. The van der Waals surface area contributed by atoms with Crippen LogP contribution in [0.2, 0.25) is 0 Å². The fraction of sp³-hybridized carbons (Fsp3) is 0.111. The fourth-order valence-electron chi connectivity index (χ4n) is 2.55. The number of rotatable bonds is 4. The quantitative estimate of drug-likeness (QED) is 0.731. The average molecular weight is 308 g/mol. The molecule has 0 aliphatic rings. The van der Waals surface area contributed by atoms with Gasteiger partial charge in [0.05, 0.1) is 24.2 Å². The first-order valence-corrected chi connectivity index (χ1v) is 7.06. The molecule has 0 saturated carbocycles. The van der Waals surface area contributed by atoms with E-state index in [1.165, 1.54) is 6.20 Å². The van der Waals surface area contributed by atoms with Crippen LogP contribution in [0, 0.1) is 0 Å². The summed E-state index contributed by atoms with van der Waals surface area (Å²) in [5.74, 6) is -0.724.